The van der Waals surface area contributed by atoms with Crippen LogP contribution in [0.25, 0.3) is 0 Å². The Morgan fingerprint density at radius 3 is 2.33 bits per heavy atom. The van der Waals surface area contributed by atoms with Crippen LogP contribution in [0, 0.1) is 0 Å². The van der Waals surface area contributed by atoms with E-state index < -0.39 is 11.4 Å². The van der Waals surface area contributed by atoms with Crippen LogP contribution in [-0.4, -0.2) is 53.8 Å². The molecule has 150 valence electrons. The Morgan fingerprint density at radius 1 is 1.19 bits per heavy atom. The van der Waals surface area contributed by atoms with Gasteiger partial charge in [0.1, 0.15) is 6.61 Å². The smallest absolute Gasteiger partial charge is 0.410 e. The summed E-state index contributed by atoms with van der Waals surface area (Å²) in [6, 6.07) is 9.67. The second-order valence-electron chi connectivity index (χ2n) is 8.04. The molecule has 1 aromatic rings. The molecule has 2 atom stereocenters. The summed E-state index contributed by atoms with van der Waals surface area (Å²) in [7, 11) is 3.17. The molecule has 0 radical (unpaired) electrons. The Kier molecular flexibility index (Phi) is 6.08. The largest absolute Gasteiger partial charge is 0.445 e. The van der Waals surface area contributed by atoms with Crippen molar-refractivity contribution < 1.29 is 24.1 Å². The van der Waals surface area contributed by atoms with Crippen molar-refractivity contribution in [2.45, 2.75) is 75.5 Å². The lowest BCUT2D eigenvalue weighted by molar-refractivity contribution is -0.233. The average molecular weight is 377 g/mol. The molecule has 0 aliphatic carbocycles. The van der Waals surface area contributed by atoms with Crippen molar-refractivity contribution in [3.63, 3.8) is 0 Å². The minimum atomic E-state index is -0.910. The topological polar surface area (TPSA) is 68.2 Å². The normalized spacial score (nSPS) is 28.1. The first kappa shape index (κ1) is 20.1. The number of aliphatic hydroxyl groups is 1. The van der Waals surface area contributed by atoms with E-state index in [4.69, 9.17) is 14.2 Å². The number of rotatable bonds is 6. The number of amides is 1. The van der Waals surface area contributed by atoms with Gasteiger partial charge in [0.25, 0.3) is 0 Å². The number of hydrogen-bond donors (Lipinski definition) is 1. The van der Waals surface area contributed by atoms with Crippen LogP contribution < -0.4 is 0 Å². The second-order valence-corrected chi connectivity index (χ2v) is 8.04. The third-order valence-corrected chi connectivity index (χ3v) is 6.02. The van der Waals surface area contributed by atoms with E-state index in [1.54, 1.807) is 14.2 Å². The van der Waals surface area contributed by atoms with Gasteiger partial charge in [-0.15, -0.1) is 0 Å². The first-order valence-corrected chi connectivity index (χ1v) is 9.70. The van der Waals surface area contributed by atoms with Gasteiger partial charge >= 0.3 is 6.09 Å². The minimum absolute atomic E-state index is 0.0104. The molecule has 0 spiro atoms. The molecule has 6 heteroatoms. The minimum Gasteiger partial charge on any atom is -0.445 e. The standard InChI is InChI=1S/C21H31NO5/c1-20(25-2,26-3)15-21(24)12-17-10-7-11-18(13-21)22(17)19(23)27-14-16-8-5-4-6-9-16/h4-6,8-9,17-18,24H,7,10-15H2,1-3H3. The van der Waals surface area contributed by atoms with E-state index in [9.17, 15) is 9.90 Å². The van der Waals surface area contributed by atoms with E-state index in [1.807, 2.05) is 42.2 Å². The van der Waals surface area contributed by atoms with Crippen LogP contribution in [0.3, 0.4) is 0 Å². The van der Waals surface area contributed by atoms with Crippen LogP contribution in [0.2, 0.25) is 0 Å². The summed E-state index contributed by atoms with van der Waals surface area (Å²) in [5.74, 6) is -0.834. The molecule has 1 aromatic carbocycles. The van der Waals surface area contributed by atoms with Gasteiger partial charge in [0.2, 0.25) is 0 Å². The fourth-order valence-electron chi connectivity index (χ4n) is 4.59. The maximum absolute atomic E-state index is 12.8. The molecule has 2 unspecified atom stereocenters. The fraction of sp³-hybridized carbons (Fsp3) is 0.667. The lowest BCUT2D eigenvalue weighted by Crippen LogP contribution is -2.61. The summed E-state index contributed by atoms with van der Waals surface area (Å²) in [6.45, 7) is 2.10. The number of fused-ring (bicyclic) bond motifs is 2. The van der Waals surface area contributed by atoms with Crippen molar-refractivity contribution in [3.05, 3.63) is 35.9 Å². The van der Waals surface area contributed by atoms with E-state index >= 15 is 0 Å². The highest BCUT2D eigenvalue weighted by Crippen LogP contribution is 2.43. The number of carbonyl (C=O) groups is 1. The number of nitrogens with zero attached hydrogens (tertiary/aromatic N) is 1. The van der Waals surface area contributed by atoms with E-state index in [0.29, 0.717) is 19.3 Å². The number of ether oxygens (including phenoxy) is 3. The quantitative estimate of drug-likeness (QED) is 0.769. The number of benzene rings is 1. The second kappa shape index (κ2) is 8.17. The Labute approximate surface area is 161 Å². The van der Waals surface area contributed by atoms with Crippen LogP contribution in [0.5, 0.6) is 0 Å². The monoisotopic (exact) mass is 377 g/mol. The van der Waals surface area contributed by atoms with Gasteiger partial charge < -0.3 is 24.2 Å². The molecular formula is C21H31NO5. The molecule has 2 aliphatic heterocycles. The number of hydrogen-bond acceptors (Lipinski definition) is 5. The van der Waals surface area contributed by atoms with Gasteiger partial charge in [-0.2, -0.15) is 0 Å². The highest BCUT2D eigenvalue weighted by Gasteiger charge is 2.50. The Bertz CT molecular complexity index is 617. The molecule has 2 bridgehead atoms. The highest BCUT2D eigenvalue weighted by atomic mass is 16.7. The first-order chi connectivity index (χ1) is 12.9. The maximum atomic E-state index is 12.8. The third-order valence-electron chi connectivity index (χ3n) is 6.02. The van der Waals surface area contributed by atoms with Gasteiger partial charge in [-0.05, 0) is 44.6 Å². The van der Waals surface area contributed by atoms with E-state index in [1.165, 1.54) is 0 Å². The average Bonchev–Trinajstić information content (AvgIpc) is 2.66. The number of methoxy groups -OCH3 is 2. The van der Waals surface area contributed by atoms with Crippen molar-refractivity contribution >= 4 is 6.09 Å². The van der Waals surface area contributed by atoms with Crippen molar-refractivity contribution in [1.82, 2.24) is 4.90 Å². The van der Waals surface area contributed by atoms with Gasteiger partial charge in [-0.25, -0.2) is 4.79 Å². The number of piperidine rings is 2. The Morgan fingerprint density at radius 2 is 1.78 bits per heavy atom. The Balaban J connectivity index is 1.66. The van der Waals surface area contributed by atoms with Crippen molar-refractivity contribution in [2.24, 2.45) is 0 Å². The zero-order chi connectivity index (χ0) is 19.5. The molecule has 0 aromatic heterocycles. The van der Waals surface area contributed by atoms with Gasteiger partial charge in [-0.1, -0.05) is 30.3 Å². The summed E-state index contributed by atoms with van der Waals surface area (Å²) < 4.78 is 16.5. The van der Waals surface area contributed by atoms with Crippen LogP contribution in [0.4, 0.5) is 4.79 Å². The fourth-order valence-corrected chi connectivity index (χ4v) is 4.59. The van der Waals surface area contributed by atoms with Crippen LogP contribution in [-0.2, 0) is 20.8 Å². The summed E-state index contributed by atoms with van der Waals surface area (Å²) in [4.78, 5) is 14.6. The van der Waals surface area contributed by atoms with Gasteiger partial charge in [-0.3, -0.25) is 0 Å². The zero-order valence-electron chi connectivity index (χ0n) is 16.5. The lowest BCUT2D eigenvalue weighted by Gasteiger charge is -2.52. The third kappa shape index (κ3) is 4.62. The molecule has 1 N–H and O–H groups in total. The summed E-state index contributed by atoms with van der Waals surface area (Å²) in [5, 5.41) is 11.2. The highest BCUT2D eigenvalue weighted by molar-refractivity contribution is 5.69. The predicted molar refractivity (Wildman–Crippen MR) is 101 cm³/mol. The SMILES string of the molecule is COC(C)(CC1(O)CC2CCCC(C1)N2C(=O)OCc1ccccc1)OC. The zero-order valence-corrected chi connectivity index (χ0v) is 16.5. The molecule has 2 aliphatic rings. The van der Waals surface area contributed by atoms with Crippen LogP contribution in [0.15, 0.2) is 30.3 Å². The van der Waals surface area contributed by atoms with E-state index in [2.05, 4.69) is 0 Å². The predicted octanol–water partition coefficient (Wildman–Crippen LogP) is 3.47. The van der Waals surface area contributed by atoms with Crippen LogP contribution >= 0.6 is 0 Å². The molecule has 2 saturated heterocycles. The lowest BCUT2D eigenvalue weighted by atomic mass is 9.73. The first-order valence-electron chi connectivity index (χ1n) is 9.70. The summed E-state index contributed by atoms with van der Waals surface area (Å²) >= 11 is 0. The molecule has 2 fully saturated rings. The van der Waals surface area contributed by atoms with Gasteiger partial charge in [0, 0.05) is 32.7 Å². The Hall–Kier alpha value is -1.63. The van der Waals surface area contributed by atoms with E-state index in [-0.39, 0.29) is 24.8 Å². The van der Waals surface area contributed by atoms with E-state index in [0.717, 1.165) is 24.8 Å². The molecule has 6 nitrogen and oxygen atoms in total. The molecule has 1 amide bonds. The summed E-state index contributed by atoms with van der Waals surface area (Å²) in [6.07, 6.45) is 3.98. The van der Waals surface area contributed by atoms with Gasteiger partial charge in [0.15, 0.2) is 5.79 Å². The number of carbonyl (C=O) groups excluding carboxylic acids is 1. The molecule has 0 saturated carbocycles. The van der Waals surface area contributed by atoms with Crippen molar-refractivity contribution in [2.75, 3.05) is 14.2 Å². The van der Waals surface area contributed by atoms with Crippen LogP contribution in [0.1, 0.15) is 51.0 Å². The molecule has 3 rings (SSSR count). The van der Waals surface area contributed by atoms with Crippen molar-refractivity contribution in [1.29, 1.82) is 0 Å². The van der Waals surface area contributed by atoms with Gasteiger partial charge in [0.05, 0.1) is 5.60 Å². The summed E-state index contributed by atoms with van der Waals surface area (Å²) in [5.41, 5.74) is 0.0627. The van der Waals surface area contributed by atoms with Crippen molar-refractivity contribution in [3.8, 4) is 0 Å². The molecule has 2 heterocycles. The maximum Gasteiger partial charge on any atom is 0.410 e. The molecular weight excluding hydrogens is 346 g/mol. The molecule has 27 heavy (non-hydrogen) atoms.